The minimum atomic E-state index is -0.497. The number of halogens is 4. The first kappa shape index (κ1) is 26.1. The topological polar surface area (TPSA) is 49.9 Å². The molecule has 2 atom stereocenters. The van der Waals surface area contributed by atoms with Gasteiger partial charge in [0.15, 0.2) is 5.12 Å². The van der Waals surface area contributed by atoms with Gasteiger partial charge in [-0.3, -0.25) is 14.5 Å². The van der Waals surface area contributed by atoms with Crippen molar-refractivity contribution in [2.45, 2.75) is 18.3 Å². The fourth-order valence-corrected chi connectivity index (χ4v) is 5.24. The average molecular weight is 534 g/mol. The first-order valence-electron chi connectivity index (χ1n) is 10.3. The van der Waals surface area contributed by atoms with Gasteiger partial charge in [0.1, 0.15) is 11.6 Å². The van der Waals surface area contributed by atoms with E-state index in [-0.39, 0.29) is 27.1 Å². The second-order valence-corrected chi connectivity index (χ2v) is 10.2. The lowest BCUT2D eigenvalue weighted by Crippen LogP contribution is -2.56. The lowest BCUT2D eigenvalue weighted by atomic mass is 10.1. The monoisotopic (exact) mass is 532 g/mol. The van der Waals surface area contributed by atoms with Crippen LogP contribution in [0.3, 0.4) is 0 Å². The number of benzene rings is 2. The smallest absolute Gasteiger partial charge is 0.255 e. The number of alkyl halides is 1. The molecule has 1 heterocycles. The molecule has 0 radical (unpaired) electrons. The Hall–Kier alpha value is -1.51. The van der Waals surface area contributed by atoms with Crippen molar-refractivity contribution in [1.82, 2.24) is 9.80 Å². The van der Waals surface area contributed by atoms with Gasteiger partial charge >= 0.3 is 0 Å². The predicted octanol–water partition coefficient (Wildman–Crippen LogP) is 5.53. The molecule has 1 aliphatic rings. The summed E-state index contributed by atoms with van der Waals surface area (Å²) < 4.78 is 18.7. The van der Waals surface area contributed by atoms with Crippen LogP contribution < -0.4 is 4.74 Å². The summed E-state index contributed by atoms with van der Waals surface area (Å²) in [6.07, 6.45) is 0. The second-order valence-electron chi connectivity index (χ2n) is 7.67. The van der Waals surface area contributed by atoms with Crippen LogP contribution in [0.1, 0.15) is 28.2 Å². The number of rotatable bonds is 7. The lowest BCUT2D eigenvalue weighted by molar-refractivity contribution is -0.109. The molecule has 0 aromatic heterocycles. The molecule has 1 unspecified atom stereocenters. The van der Waals surface area contributed by atoms with Crippen molar-refractivity contribution < 1.29 is 18.7 Å². The van der Waals surface area contributed by atoms with Crippen LogP contribution in [-0.4, -0.2) is 65.9 Å². The van der Waals surface area contributed by atoms with Crippen molar-refractivity contribution in [2.24, 2.45) is 0 Å². The van der Waals surface area contributed by atoms with Crippen molar-refractivity contribution in [1.29, 1.82) is 0 Å². The maximum atomic E-state index is 13.5. The van der Waals surface area contributed by atoms with Crippen LogP contribution in [0, 0.1) is 5.82 Å². The molecule has 0 aliphatic carbocycles. The Morgan fingerprint density at radius 2 is 2.00 bits per heavy atom. The summed E-state index contributed by atoms with van der Waals surface area (Å²) in [4.78, 5) is 28.7. The highest BCUT2D eigenvalue weighted by Gasteiger charge is 2.32. The molecule has 1 aliphatic heterocycles. The standard InChI is InChI=1S/C23H24Cl3FN2O3S/c1-14(30)33-13-16-11-29(23(31)17-4-3-5-21(32-2)22(17)26)9-8-28(16)12-19(25)15-6-7-20(27)18(24)10-15/h3-7,10,16,19H,8-9,11-13H2,1-2H3/t16-,19?/m0/s1. The van der Waals surface area contributed by atoms with E-state index in [4.69, 9.17) is 39.5 Å². The fourth-order valence-electron chi connectivity index (χ4n) is 3.71. The first-order chi connectivity index (χ1) is 15.7. The van der Waals surface area contributed by atoms with Gasteiger partial charge in [-0.15, -0.1) is 11.6 Å². The molecule has 2 aromatic rings. The predicted molar refractivity (Wildman–Crippen MR) is 132 cm³/mol. The van der Waals surface area contributed by atoms with Crippen molar-refractivity contribution in [3.63, 3.8) is 0 Å². The highest BCUT2D eigenvalue weighted by molar-refractivity contribution is 8.13. The first-order valence-corrected chi connectivity index (χ1v) is 12.5. The number of hydrogen-bond acceptors (Lipinski definition) is 5. The normalized spacial score (nSPS) is 17.6. The maximum absolute atomic E-state index is 13.5. The van der Waals surface area contributed by atoms with E-state index >= 15 is 0 Å². The Bertz CT molecular complexity index is 1030. The van der Waals surface area contributed by atoms with Crippen LogP contribution >= 0.6 is 46.6 Å². The maximum Gasteiger partial charge on any atom is 0.255 e. The molecule has 0 N–H and O–H groups in total. The number of amides is 1. The molecule has 1 saturated heterocycles. The van der Waals surface area contributed by atoms with E-state index in [1.807, 2.05) is 0 Å². The van der Waals surface area contributed by atoms with Crippen LogP contribution in [0.5, 0.6) is 5.75 Å². The van der Waals surface area contributed by atoms with Crippen molar-refractivity contribution in [2.75, 3.05) is 39.0 Å². The fraction of sp³-hybridized carbons (Fsp3) is 0.391. The van der Waals surface area contributed by atoms with Gasteiger partial charge in [0.2, 0.25) is 0 Å². The molecule has 1 amide bonds. The third kappa shape index (κ3) is 6.55. The van der Waals surface area contributed by atoms with Crippen LogP contribution in [0.4, 0.5) is 4.39 Å². The molecular formula is C23H24Cl3FN2O3S. The number of thioether (sulfide) groups is 1. The summed E-state index contributed by atoms with van der Waals surface area (Å²) >= 11 is 20.1. The molecule has 5 nitrogen and oxygen atoms in total. The Labute approximate surface area is 212 Å². The Kier molecular flexibility index (Phi) is 9.30. The van der Waals surface area contributed by atoms with Gasteiger partial charge in [-0.1, -0.05) is 47.1 Å². The van der Waals surface area contributed by atoms with Crippen molar-refractivity contribution in [3.8, 4) is 5.75 Å². The molecule has 10 heteroatoms. The third-order valence-electron chi connectivity index (χ3n) is 5.48. The van der Waals surface area contributed by atoms with E-state index < -0.39 is 11.2 Å². The zero-order chi connectivity index (χ0) is 24.1. The van der Waals surface area contributed by atoms with E-state index in [1.165, 1.54) is 37.9 Å². The zero-order valence-electron chi connectivity index (χ0n) is 18.2. The van der Waals surface area contributed by atoms with Crippen LogP contribution in [0.2, 0.25) is 10.0 Å². The number of carbonyl (C=O) groups is 2. The summed E-state index contributed by atoms with van der Waals surface area (Å²) in [7, 11) is 1.50. The summed E-state index contributed by atoms with van der Waals surface area (Å²) in [5.41, 5.74) is 1.08. The zero-order valence-corrected chi connectivity index (χ0v) is 21.3. The molecule has 178 valence electrons. The van der Waals surface area contributed by atoms with Gasteiger partial charge in [0.25, 0.3) is 5.91 Å². The van der Waals surface area contributed by atoms with E-state index in [0.29, 0.717) is 48.8 Å². The molecule has 0 saturated carbocycles. The highest BCUT2D eigenvalue weighted by atomic mass is 35.5. The number of ether oxygens (including phenoxy) is 1. The van der Waals surface area contributed by atoms with Gasteiger partial charge in [-0.05, 0) is 29.8 Å². The van der Waals surface area contributed by atoms with E-state index in [9.17, 15) is 14.0 Å². The van der Waals surface area contributed by atoms with Crippen LogP contribution in [0.15, 0.2) is 36.4 Å². The van der Waals surface area contributed by atoms with E-state index in [0.717, 1.165) is 0 Å². The van der Waals surface area contributed by atoms with Gasteiger partial charge in [-0.2, -0.15) is 0 Å². The van der Waals surface area contributed by atoms with E-state index in [1.54, 1.807) is 29.2 Å². The number of nitrogens with zero attached hydrogens (tertiary/aromatic N) is 2. The molecule has 3 rings (SSSR count). The summed E-state index contributed by atoms with van der Waals surface area (Å²) in [6.45, 7) is 3.44. The number of piperazine rings is 1. The molecule has 1 fully saturated rings. The van der Waals surface area contributed by atoms with Gasteiger partial charge in [0.05, 0.1) is 28.1 Å². The number of carbonyl (C=O) groups excluding carboxylic acids is 2. The Balaban J connectivity index is 1.75. The van der Waals surface area contributed by atoms with Crippen LogP contribution in [-0.2, 0) is 4.79 Å². The van der Waals surface area contributed by atoms with Gasteiger partial charge < -0.3 is 9.64 Å². The Morgan fingerprint density at radius 3 is 2.67 bits per heavy atom. The van der Waals surface area contributed by atoms with Gasteiger partial charge in [-0.25, -0.2) is 4.39 Å². The lowest BCUT2D eigenvalue weighted by Gasteiger charge is -2.42. The largest absolute Gasteiger partial charge is 0.495 e. The quantitative estimate of drug-likeness (QED) is 0.438. The summed E-state index contributed by atoms with van der Waals surface area (Å²) in [5, 5.41) is -0.131. The molecule has 33 heavy (non-hydrogen) atoms. The van der Waals surface area contributed by atoms with Crippen molar-refractivity contribution >= 4 is 57.6 Å². The average Bonchev–Trinajstić information content (AvgIpc) is 2.79. The summed E-state index contributed by atoms with van der Waals surface area (Å²) in [5.74, 6) is 0.263. The molecular weight excluding hydrogens is 510 g/mol. The minimum absolute atomic E-state index is 0.00183. The number of methoxy groups -OCH3 is 1. The third-order valence-corrected chi connectivity index (χ3v) is 7.51. The van der Waals surface area contributed by atoms with Crippen LogP contribution in [0.25, 0.3) is 0 Å². The SMILES string of the molecule is COc1cccc(C(=O)N2CCN(CC(Cl)c3ccc(F)c(Cl)c3)[C@H](CSC(C)=O)C2)c1Cl. The van der Waals surface area contributed by atoms with E-state index in [2.05, 4.69) is 4.90 Å². The van der Waals surface area contributed by atoms with Crippen molar-refractivity contribution in [3.05, 3.63) is 63.4 Å². The molecule has 0 spiro atoms. The highest BCUT2D eigenvalue weighted by Crippen LogP contribution is 2.31. The molecule has 0 bridgehead atoms. The summed E-state index contributed by atoms with van der Waals surface area (Å²) in [6, 6.07) is 9.44. The minimum Gasteiger partial charge on any atom is -0.495 e. The van der Waals surface area contributed by atoms with Gasteiger partial charge in [0, 0.05) is 44.9 Å². The number of hydrogen-bond donors (Lipinski definition) is 0. The second kappa shape index (κ2) is 11.8. The Morgan fingerprint density at radius 1 is 1.24 bits per heavy atom. The molecule has 2 aromatic carbocycles.